The quantitative estimate of drug-likeness (QED) is 0.667. The Hall–Kier alpha value is -2.87. The van der Waals surface area contributed by atoms with Crippen LogP contribution < -0.4 is 5.32 Å². The van der Waals surface area contributed by atoms with E-state index >= 15 is 0 Å². The lowest BCUT2D eigenvalue weighted by atomic mass is 9.96. The van der Waals surface area contributed by atoms with Crippen molar-refractivity contribution in [1.82, 2.24) is 4.90 Å². The number of benzene rings is 2. The Labute approximate surface area is 175 Å². The lowest BCUT2D eigenvalue weighted by Crippen LogP contribution is -2.50. The summed E-state index contributed by atoms with van der Waals surface area (Å²) in [6.07, 6.45) is -4.24. The van der Waals surface area contributed by atoms with Gasteiger partial charge in [-0.2, -0.15) is 13.2 Å². The Morgan fingerprint density at radius 3 is 2.17 bits per heavy atom. The fourth-order valence-corrected chi connectivity index (χ4v) is 3.58. The molecule has 1 aliphatic heterocycles. The standard InChI is InChI=1S/C21H18ClF3N2O3/c1-3-11(2)17(27-19(29)13-6-4-5-7-14(13)20(27)30)18(28)26-12-8-9-16(22)15(10-12)21(23,24)25/h4-11,17H,3H2,1-2H3,(H,26,28)/t11-,17-/m1/s1. The molecule has 0 aromatic heterocycles. The summed E-state index contributed by atoms with van der Waals surface area (Å²) in [6, 6.07) is 8.00. The molecule has 9 heteroatoms. The first kappa shape index (κ1) is 21.8. The van der Waals surface area contributed by atoms with Gasteiger partial charge in [-0.25, -0.2) is 0 Å². The van der Waals surface area contributed by atoms with Gasteiger partial charge in [-0.05, 0) is 36.2 Å². The van der Waals surface area contributed by atoms with Crippen molar-refractivity contribution >= 4 is 35.0 Å². The van der Waals surface area contributed by atoms with Gasteiger partial charge in [0.1, 0.15) is 6.04 Å². The van der Waals surface area contributed by atoms with Gasteiger partial charge in [0.25, 0.3) is 11.8 Å². The van der Waals surface area contributed by atoms with E-state index in [1.54, 1.807) is 26.0 Å². The highest BCUT2D eigenvalue weighted by atomic mass is 35.5. The molecular formula is C21H18ClF3N2O3. The maximum absolute atomic E-state index is 13.1. The fourth-order valence-electron chi connectivity index (χ4n) is 3.35. The molecule has 0 saturated carbocycles. The number of nitrogens with one attached hydrogen (secondary N) is 1. The number of anilines is 1. The second-order valence-electron chi connectivity index (χ2n) is 7.04. The summed E-state index contributed by atoms with van der Waals surface area (Å²) in [5.41, 5.74) is -0.853. The molecule has 0 bridgehead atoms. The number of carbonyl (C=O) groups excluding carboxylic acids is 3. The first-order valence-corrected chi connectivity index (χ1v) is 9.58. The average molecular weight is 439 g/mol. The second-order valence-corrected chi connectivity index (χ2v) is 7.45. The van der Waals surface area contributed by atoms with Gasteiger partial charge in [-0.1, -0.05) is 44.0 Å². The number of amides is 3. The van der Waals surface area contributed by atoms with E-state index in [0.29, 0.717) is 6.42 Å². The molecule has 2 aromatic rings. The van der Waals surface area contributed by atoms with Gasteiger partial charge >= 0.3 is 6.18 Å². The van der Waals surface area contributed by atoms with Crippen LogP contribution in [0.15, 0.2) is 42.5 Å². The molecule has 30 heavy (non-hydrogen) atoms. The van der Waals surface area contributed by atoms with Gasteiger partial charge < -0.3 is 5.32 Å². The van der Waals surface area contributed by atoms with Crippen LogP contribution in [-0.2, 0) is 11.0 Å². The van der Waals surface area contributed by atoms with Crippen molar-refractivity contribution in [1.29, 1.82) is 0 Å². The summed E-state index contributed by atoms with van der Waals surface area (Å²) < 4.78 is 39.3. The molecule has 0 fully saturated rings. The van der Waals surface area contributed by atoms with Crippen molar-refractivity contribution in [2.45, 2.75) is 32.5 Å². The van der Waals surface area contributed by atoms with Crippen LogP contribution in [-0.4, -0.2) is 28.7 Å². The molecule has 1 N–H and O–H groups in total. The predicted octanol–water partition coefficient (Wildman–Crippen LogP) is 5.01. The molecule has 0 spiro atoms. The highest BCUT2D eigenvalue weighted by Gasteiger charge is 2.44. The number of hydrogen-bond acceptors (Lipinski definition) is 3. The molecule has 5 nitrogen and oxygen atoms in total. The molecule has 0 saturated heterocycles. The third-order valence-corrected chi connectivity index (χ3v) is 5.42. The van der Waals surface area contributed by atoms with Crippen LogP contribution in [0, 0.1) is 5.92 Å². The maximum atomic E-state index is 13.1. The fraction of sp³-hybridized carbons (Fsp3) is 0.286. The Kier molecular flexibility index (Phi) is 5.90. The topological polar surface area (TPSA) is 66.5 Å². The van der Waals surface area contributed by atoms with E-state index in [4.69, 9.17) is 11.6 Å². The number of hydrogen-bond donors (Lipinski definition) is 1. The first-order valence-electron chi connectivity index (χ1n) is 9.20. The molecule has 0 aliphatic carbocycles. The van der Waals surface area contributed by atoms with Crippen LogP contribution in [0.3, 0.4) is 0 Å². The van der Waals surface area contributed by atoms with E-state index in [0.717, 1.165) is 17.0 Å². The highest BCUT2D eigenvalue weighted by molar-refractivity contribution is 6.31. The van der Waals surface area contributed by atoms with Gasteiger partial charge in [-0.3, -0.25) is 19.3 Å². The second kappa shape index (κ2) is 8.10. The summed E-state index contributed by atoms with van der Waals surface area (Å²) in [6.45, 7) is 3.48. The number of carbonyl (C=O) groups is 3. The third kappa shape index (κ3) is 3.92. The van der Waals surface area contributed by atoms with Crippen LogP contribution in [0.5, 0.6) is 0 Å². The van der Waals surface area contributed by atoms with Crippen LogP contribution in [0.1, 0.15) is 46.5 Å². The van der Waals surface area contributed by atoms with E-state index in [1.807, 2.05) is 0 Å². The van der Waals surface area contributed by atoms with Crippen LogP contribution in [0.4, 0.5) is 18.9 Å². The van der Waals surface area contributed by atoms with Crippen LogP contribution >= 0.6 is 11.6 Å². The molecule has 3 amide bonds. The largest absolute Gasteiger partial charge is 0.417 e. The Balaban J connectivity index is 1.94. The molecule has 1 heterocycles. The van der Waals surface area contributed by atoms with Gasteiger partial charge in [0.2, 0.25) is 5.91 Å². The maximum Gasteiger partial charge on any atom is 0.417 e. The molecule has 3 rings (SSSR count). The van der Waals surface area contributed by atoms with Gasteiger partial charge in [0, 0.05) is 5.69 Å². The van der Waals surface area contributed by atoms with E-state index in [-0.39, 0.29) is 16.8 Å². The molecule has 1 aliphatic rings. The molecule has 2 aromatic carbocycles. The van der Waals surface area contributed by atoms with E-state index in [2.05, 4.69) is 5.32 Å². The first-order chi connectivity index (χ1) is 14.1. The summed E-state index contributed by atoms with van der Waals surface area (Å²) >= 11 is 5.62. The molecular weight excluding hydrogens is 421 g/mol. The molecule has 2 atom stereocenters. The lowest BCUT2D eigenvalue weighted by Gasteiger charge is -2.29. The summed E-state index contributed by atoms with van der Waals surface area (Å²) in [4.78, 5) is 39.5. The van der Waals surface area contributed by atoms with Crippen LogP contribution in [0.2, 0.25) is 5.02 Å². The highest BCUT2D eigenvalue weighted by Crippen LogP contribution is 2.36. The number of fused-ring (bicyclic) bond motifs is 1. The van der Waals surface area contributed by atoms with Crippen molar-refractivity contribution in [3.8, 4) is 0 Å². The summed E-state index contributed by atoms with van der Waals surface area (Å²) in [7, 11) is 0. The molecule has 0 radical (unpaired) electrons. The number of imide groups is 1. The summed E-state index contributed by atoms with van der Waals surface area (Å²) in [5.74, 6) is -2.40. The van der Waals surface area contributed by atoms with Gasteiger partial charge in [0.15, 0.2) is 0 Å². The van der Waals surface area contributed by atoms with E-state index in [9.17, 15) is 27.6 Å². The molecule has 0 unspecified atom stereocenters. The number of rotatable bonds is 5. The number of alkyl halides is 3. The van der Waals surface area contributed by atoms with E-state index < -0.39 is 46.4 Å². The lowest BCUT2D eigenvalue weighted by molar-refractivity contribution is -0.137. The predicted molar refractivity (Wildman–Crippen MR) is 105 cm³/mol. The zero-order valence-electron chi connectivity index (χ0n) is 16.1. The SMILES string of the molecule is CC[C@@H](C)[C@H](C(=O)Nc1ccc(Cl)c(C(F)(F)F)c1)N1C(=O)c2ccccc2C1=O. The zero-order chi connectivity index (χ0) is 22.2. The smallest absolute Gasteiger partial charge is 0.324 e. The Morgan fingerprint density at radius 2 is 1.67 bits per heavy atom. The number of halogens is 4. The van der Waals surface area contributed by atoms with Crippen molar-refractivity contribution in [3.05, 3.63) is 64.2 Å². The Morgan fingerprint density at radius 1 is 1.10 bits per heavy atom. The summed E-state index contributed by atoms with van der Waals surface area (Å²) in [5, 5.41) is 1.90. The molecule has 158 valence electrons. The minimum absolute atomic E-state index is 0.137. The van der Waals surface area contributed by atoms with Gasteiger partial charge in [0.05, 0.1) is 21.7 Å². The minimum atomic E-state index is -4.70. The monoisotopic (exact) mass is 438 g/mol. The third-order valence-electron chi connectivity index (χ3n) is 5.09. The normalized spacial score (nSPS) is 15.7. The average Bonchev–Trinajstić information content (AvgIpc) is 2.94. The van der Waals surface area contributed by atoms with Crippen molar-refractivity contribution < 1.29 is 27.6 Å². The van der Waals surface area contributed by atoms with E-state index in [1.165, 1.54) is 18.2 Å². The zero-order valence-corrected chi connectivity index (χ0v) is 16.8. The Bertz CT molecular complexity index is 988. The van der Waals surface area contributed by atoms with Crippen molar-refractivity contribution in [2.75, 3.05) is 5.32 Å². The van der Waals surface area contributed by atoms with Crippen molar-refractivity contribution in [2.24, 2.45) is 5.92 Å². The van der Waals surface area contributed by atoms with Gasteiger partial charge in [-0.15, -0.1) is 0 Å². The van der Waals surface area contributed by atoms with Crippen LogP contribution in [0.25, 0.3) is 0 Å². The van der Waals surface area contributed by atoms with Crippen molar-refractivity contribution in [3.63, 3.8) is 0 Å². The number of nitrogens with zero attached hydrogens (tertiary/aromatic N) is 1. The minimum Gasteiger partial charge on any atom is -0.324 e.